The van der Waals surface area contributed by atoms with E-state index in [1.54, 1.807) is 13.0 Å². The second-order valence-corrected chi connectivity index (χ2v) is 8.70. The number of hydrogen-bond donors (Lipinski definition) is 1. The largest absolute Gasteiger partial charge is 0.417 e. The summed E-state index contributed by atoms with van der Waals surface area (Å²) in [6.07, 6.45) is -3.10. The molecule has 2 aromatic rings. The number of aromatic nitrogens is 1. The van der Waals surface area contributed by atoms with Crippen molar-refractivity contribution < 1.29 is 27.3 Å². The number of nitrogens with zero attached hydrogens (tertiary/aromatic N) is 4. The van der Waals surface area contributed by atoms with E-state index < -0.39 is 35.2 Å². The number of rotatable bonds is 3. The topological polar surface area (TPSA) is 116 Å². The van der Waals surface area contributed by atoms with Crippen LogP contribution >= 0.6 is 0 Å². The minimum atomic E-state index is -4.63. The van der Waals surface area contributed by atoms with Crippen LogP contribution in [0, 0.1) is 23.7 Å². The highest BCUT2D eigenvalue weighted by Crippen LogP contribution is 2.45. The molecule has 2 aliphatic heterocycles. The highest BCUT2D eigenvalue weighted by atomic mass is 19.4. The maximum absolute atomic E-state index is 13.3. The monoisotopic (exact) mass is 461 g/mol. The Labute approximate surface area is 187 Å². The van der Waals surface area contributed by atoms with Crippen molar-refractivity contribution >= 4 is 17.5 Å². The Hall–Kier alpha value is -3.55. The van der Waals surface area contributed by atoms with Gasteiger partial charge in [0.25, 0.3) is 5.91 Å². The first kappa shape index (κ1) is 22.6. The predicted octanol–water partition coefficient (Wildman–Crippen LogP) is 2.86. The number of carbonyl (C=O) groups excluding carboxylic acids is 2. The molecule has 2 fully saturated rings. The van der Waals surface area contributed by atoms with Gasteiger partial charge >= 0.3 is 6.18 Å². The third-order valence-electron chi connectivity index (χ3n) is 6.56. The number of aryl methyl sites for hydroxylation is 1. The van der Waals surface area contributed by atoms with Crippen molar-refractivity contribution in [2.45, 2.75) is 38.4 Å². The summed E-state index contributed by atoms with van der Waals surface area (Å²) in [4.78, 5) is 28.3. The molecule has 1 aromatic heterocycles. The molecule has 2 saturated heterocycles. The fraction of sp³-hybridized carbons (Fsp3) is 0.455. The number of likely N-dealkylation sites (tertiary alicyclic amines) is 1. The Morgan fingerprint density at radius 2 is 1.97 bits per heavy atom. The summed E-state index contributed by atoms with van der Waals surface area (Å²) in [6, 6.07) is 5.99. The number of primary amides is 1. The van der Waals surface area contributed by atoms with E-state index in [0.29, 0.717) is 50.3 Å². The second-order valence-electron chi connectivity index (χ2n) is 8.70. The molecule has 1 unspecified atom stereocenters. The molecular weight excluding hydrogens is 439 g/mol. The van der Waals surface area contributed by atoms with Crippen LogP contribution in [0.15, 0.2) is 28.8 Å². The van der Waals surface area contributed by atoms with Crippen LogP contribution in [0.2, 0.25) is 0 Å². The Kier molecular flexibility index (Phi) is 5.56. The fourth-order valence-electron chi connectivity index (χ4n) is 4.80. The zero-order valence-electron chi connectivity index (χ0n) is 17.9. The van der Waals surface area contributed by atoms with E-state index in [1.165, 1.54) is 23.1 Å². The van der Waals surface area contributed by atoms with E-state index in [0.717, 1.165) is 6.07 Å². The van der Waals surface area contributed by atoms with Gasteiger partial charge in [0.05, 0.1) is 17.2 Å². The molecule has 4 rings (SSSR count). The number of nitrogens with two attached hydrogens (primary N) is 1. The van der Waals surface area contributed by atoms with E-state index in [4.69, 9.17) is 15.5 Å². The van der Waals surface area contributed by atoms with Crippen LogP contribution in [0.1, 0.15) is 46.6 Å². The zero-order valence-corrected chi connectivity index (χ0v) is 17.9. The number of nitriles is 1. The molecule has 33 heavy (non-hydrogen) atoms. The Balaban J connectivity index is 1.51. The summed E-state index contributed by atoms with van der Waals surface area (Å²) in [5.41, 5.74) is 4.31. The first-order chi connectivity index (χ1) is 15.5. The quantitative estimate of drug-likeness (QED) is 0.751. The number of hydrogen-bond acceptors (Lipinski definition) is 6. The lowest BCUT2D eigenvalue weighted by molar-refractivity contribution is -0.137. The molecule has 2 N–H and O–H groups in total. The molecule has 2 aliphatic rings. The SMILES string of the molecule is Cc1cc(C(=O)N2CC3(CCN(c4ccc(C#N)c(C(F)(F)F)c4)CC3)CC2C(N)=O)no1. The number of carbonyl (C=O) groups is 2. The number of alkyl halides is 3. The van der Waals surface area contributed by atoms with Gasteiger partial charge in [0.2, 0.25) is 5.91 Å². The maximum atomic E-state index is 13.3. The van der Waals surface area contributed by atoms with Crippen LogP contribution in [0.3, 0.4) is 0 Å². The van der Waals surface area contributed by atoms with Crippen molar-refractivity contribution in [1.82, 2.24) is 10.1 Å². The molecule has 0 radical (unpaired) electrons. The summed E-state index contributed by atoms with van der Waals surface area (Å²) >= 11 is 0. The summed E-state index contributed by atoms with van der Waals surface area (Å²) in [5, 5.41) is 12.7. The molecule has 1 aromatic carbocycles. The number of halogens is 3. The average Bonchev–Trinajstić information content (AvgIpc) is 3.37. The van der Waals surface area contributed by atoms with Gasteiger partial charge in [0, 0.05) is 31.4 Å². The molecule has 11 heteroatoms. The number of benzene rings is 1. The average molecular weight is 461 g/mol. The van der Waals surface area contributed by atoms with Gasteiger partial charge in [0.1, 0.15) is 11.8 Å². The number of anilines is 1. The van der Waals surface area contributed by atoms with Crippen molar-refractivity contribution in [3.8, 4) is 6.07 Å². The smallest absolute Gasteiger partial charge is 0.371 e. The fourth-order valence-corrected chi connectivity index (χ4v) is 4.80. The lowest BCUT2D eigenvalue weighted by Crippen LogP contribution is -2.44. The summed E-state index contributed by atoms with van der Waals surface area (Å²) in [6.45, 7) is 2.85. The van der Waals surface area contributed by atoms with Gasteiger partial charge in [0.15, 0.2) is 5.69 Å². The molecule has 1 spiro atoms. The standard InChI is InChI=1S/C22H22F3N5O3/c1-13-8-17(28-33-13)20(32)30-12-21(10-18(30)19(27)31)4-6-29(7-5-21)15-3-2-14(11-26)16(9-15)22(23,24)25/h2-3,8-9,18H,4-7,10,12H2,1H3,(H2,27,31). The third-order valence-corrected chi connectivity index (χ3v) is 6.56. The summed E-state index contributed by atoms with van der Waals surface area (Å²) < 4.78 is 45.0. The lowest BCUT2D eigenvalue weighted by Gasteiger charge is -2.40. The second kappa shape index (κ2) is 8.10. The number of piperidine rings is 1. The minimum Gasteiger partial charge on any atom is -0.371 e. The van der Waals surface area contributed by atoms with Crippen LogP contribution in [-0.2, 0) is 11.0 Å². The number of amides is 2. The normalized spacial score (nSPS) is 20.2. The van der Waals surface area contributed by atoms with Crippen LogP contribution in [-0.4, -0.2) is 47.5 Å². The van der Waals surface area contributed by atoms with Gasteiger partial charge < -0.3 is 20.1 Å². The molecule has 0 aliphatic carbocycles. The van der Waals surface area contributed by atoms with Gasteiger partial charge in [-0.2, -0.15) is 18.4 Å². The van der Waals surface area contributed by atoms with Crippen LogP contribution in [0.25, 0.3) is 0 Å². The molecule has 0 bridgehead atoms. The van der Waals surface area contributed by atoms with Gasteiger partial charge in [-0.3, -0.25) is 9.59 Å². The zero-order chi connectivity index (χ0) is 24.0. The van der Waals surface area contributed by atoms with Gasteiger partial charge in [-0.25, -0.2) is 0 Å². The van der Waals surface area contributed by atoms with E-state index in [2.05, 4.69) is 5.16 Å². The van der Waals surface area contributed by atoms with Gasteiger partial charge in [-0.1, -0.05) is 5.16 Å². The van der Waals surface area contributed by atoms with Crippen molar-refractivity contribution in [2.24, 2.45) is 11.1 Å². The molecule has 174 valence electrons. The molecular formula is C22H22F3N5O3. The molecule has 8 nitrogen and oxygen atoms in total. The Morgan fingerprint density at radius 3 is 2.52 bits per heavy atom. The molecule has 3 heterocycles. The van der Waals surface area contributed by atoms with Crippen molar-refractivity contribution in [2.75, 3.05) is 24.5 Å². The van der Waals surface area contributed by atoms with E-state index in [1.807, 2.05) is 4.90 Å². The van der Waals surface area contributed by atoms with Gasteiger partial charge in [-0.05, 0) is 49.8 Å². The molecule has 1 atom stereocenters. The Bertz CT molecular complexity index is 1130. The predicted molar refractivity (Wildman–Crippen MR) is 110 cm³/mol. The minimum absolute atomic E-state index is 0.102. The molecule has 0 saturated carbocycles. The van der Waals surface area contributed by atoms with Crippen molar-refractivity contribution in [1.29, 1.82) is 5.26 Å². The third kappa shape index (κ3) is 4.25. The first-order valence-electron chi connectivity index (χ1n) is 10.4. The summed E-state index contributed by atoms with van der Waals surface area (Å²) in [5.74, 6) is -0.571. The summed E-state index contributed by atoms with van der Waals surface area (Å²) in [7, 11) is 0. The van der Waals surface area contributed by atoms with Crippen LogP contribution in [0.5, 0.6) is 0 Å². The maximum Gasteiger partial charge on any atom is 0.417 e. The van der Waals surface area contributed by atoms with Crippen molar-refractivity contribution in [3.63, 3.8) is 0 Å². The Morgan fingerprint density at radius 1 is 1.27 bits per heavy atom. The highest BCUT2D eigenvalue weighted by Gasteiger charge is 2.49. The van der Waals surface area contributed by atoms with Crippen LogP contribution in [0.4, 0.5) is 18.9 Å². The van der Waals surface area contributed by atoms with Gasteiger partial charge in [-0.15, -0.1) is 0 Å². The van der Waals surface area contributed by atoms with E-state index in [-0.39, 0.29) is 11.1 Å². The van der Waals surface area contributed by atoms with E-state index in [9.17, 15) is 22.8 Å². The van der Waals surface area contributed by atoms with Crippen molar-refractivity contribution in [3.05, 3.63) is 46.8 Å². The lowest BCUT2D eigenvalue weighted by atomic mass is 9.76. The highest BCUT2D eigenvalue weighted by molar-refractivity contribution is 5.96. The van der Waals surface area contributed by atoms with Crippen LogP contribution < -0.4 is 10.6 Å². The molecule has 2 amide bonds. The first-order valence-corrected chi connectivity index (χ1v) is 10.4. The van der Waals surface area contributed by atoms with E-state index >= 15 is 0 Å².